The van der Waals surface area contributed by atoms with Crippen LogP contribution in [0.2, 0.25) is 0 Å². The maximum absolute atomic E-state index is 11.9. The molecule has 128 valence electrons. The fourth-order valence-corrected chi connectivity index (χ4v) is 2.39. The number of quaternary nitrogens is 1. The van der Waals surface area contributed by atoms with Crippen molar-refractivity contribution in [3.05, 3.63) is 64.7 Å². The maximum Gasteiger partial charge on any atom is 0.258 e. The van der Waals surface area contributed by atoms with Gasteiger partial charge in [-0.2, -0.15) is 0 Å². The highest BCUT2D eigenvalue weighted by Gasteiger charge is 2.04. The van der Waals surface area contributed by atoms with E-state index in [9.17, 15) is 4.79 Å². The monoisotopic (exact) mass is 327 g/mol. The summed E-state index contributed by atoms with van der Waals surface area (Å²) in [7, 11) is 4.26. The second-order valence-electron chi connectivity index (χ2n) is 6.51. The Bertz CT molecular complexity index is 679. The summed E-state index contributed by atoms with van der Waals surface area (Å²) in [6.07, 6.45) is 0. The molecule has 2 aromatic rings. The Hall–Kier alpha value is -2.33. The van der Waals surface area contributed by atoms with Crippen molar-refractivity contribution >= 4 is 5.91 Å². The van der Waals surface area contributed by atoms with E-state index >= 15 is 0 Å². The molecule has 2 rings (SSSR count). The molecule has 0 aromatic heterocycles. The molecule has 0 aliphatic heterocycles. The van der Waals surface area contributed by atoms with E-state index in [1.54, 1.807) is 0 Å². The molecule has 0 heterocycles. The standard InChI is InChI=1S/C20H26N2O2/c1-15-5-10-19(11-16(15)2)24-14-20(23)21-12-17-6-8-18(9-7-17)13-22(3)4/h5-11H,12-14H2,1-4H3,(H,21,23)/p+1. The first kappa shape index (κ1) is 18.0. The molecule has 24 heavy (non-hydrogen) atoms. The molecule has 0 aliphatic carbocycles. The number of benzene rings is 2. The number of hydrogen-bond donors (Lipinski definition) is 2. The predicted octanol–water partition coefficient (Wildman–Crippen LogP) is 1.64. The molecular formula is C20H27N2O2+. The molecule has 4 nitrogen and oxygen atoms in total. The van der Waals surface area contributed by atoms with Crippen LogP contribution in [0.25, 0.3) is 0 Å². The van der Waals surface area contributed by atoms with Crippen LogP contribution < -0.4 is 15.0 Å². The first-order valence-corrected chi connectivity index (χ1v) is 8.27. The van der Waals surface area contributed by atoms with Crippen molar-refractivity contribution in [2.24, 2.45) is 0 Å². The van der Waals surface area contributed by atoms with E-state index < -0.39 is 0 Å². The van der Waals surface area contributed by atoms with Crippen molar-refractivity contribution in [1.82, 2.24) is 5.32 Å². The minimum atomic E-state index is -0.116. The minimum Gasteiger partial charge on any atom is -0.484 e. The van der Waals surface area contributed by atoms with Gasteiger partial charge in [0, 0.05) is 12.1 Å². The Morgan fingerprint density at radius 2 is 1.67 bits per heavy atom. The first-order valence-electron chi connectivity index (χ1n) is 8.27. The van der Waals surface area contributed by atoms with E-state index in [2.05, 4.69) is 50.6 Å². The third-order valence-corrected chi connectivity index (χ3v) is 3.92. The number of carbonyl (C=O) groups excluding carboxylic acids is 1. The van der Waals surface area contributed by atoms with Gasteiger partial charge in [0.2, 0.25) is 0 Å². The third kappa shape index (κ3) is 5.70. The summed E-state index contributed by atoms with van der Waals surface area (Å²) in [6, 6.07) is 14.2. The van der Waals surface area contributed by atoms with Crippen LogP contribution in [0, 0.1) is 13.8 Å². The van der Waals surface area contributed by atoms with Crippen LogP contribution in [0.1, 0.15) is 22.3 Å². The van der Waals surface area contributed by atoms with Gasteiger partial charge < -0.3 is 15.0 Å². The first-order chi connectivity index (χ1) is 11.4. The van der Waals surface area contributed by atoms with Crippen molar-refractivity contribution in [3.8, 4) is 5.75 Å². The summed E-state index contributed by atoms with van der Waals surface area (Å²) in [5.74, 6) is 0.610. The van der Waals surface area contributed by atoms with Crippen LogP contribution in [0.3, 0.4) is 0 Å². The van der Waals surface area contributed by atoms with Crippen LogP contribution in [-0.4, -0.2) is 26.6 Å². The van der Waals surface area contributed by atoms with Crippen molar-refractivity contribution < 1.29 is 14.4 Å². The second kappa shape index (κ2) is 8.50. The highest BCUT2D eigenvalue weighted by molar-refractivity contribution is 5.77. The van der Waals surface area contributed by atoms with Crippen LogP contribution in [-0.2, 0) is 17.9 Å². The highest BCUT2D eigenvalue weighted by Crippen LogP contribution is 2.16. The van der Waals surface area contributed by atoms with Gasteiger partial charge in [0.1, 0.15) is 12.3 Å². The van der Waals surface area contributed by atoms with Gasteiger partial charge in [-0.15, -0.1) is 0 Å². The summed E-state index contributed by atoms with van der Waals surface area (Å²) in [5.41, 5.74) is 4.76. The van der Waals surface area contributed by atoms with E-state index in [1.807, 2.05) is 25.1 Å². The fraction of sp³-hybridized carbons (Fsp3) is 0.350. The van der Waals surface area contributed by atoms with E-state index in [1.165, 1.54) is 16.0 Å². The molecule has 1 amide bonds. The van der Waals surface area contributed by atoms with E-state index in [-0.39, 0.29) is 12.5 Å². The molecule has 0 saturated heterocycles. The van der Waals surface area contributed by atoms with Crippen molar-refractivity contribution in [2.45, 2.75) is 26.9 Å². The molecule has 0 atom stereocenters. The average Bonchev–Trinajstić information content (AvgIpc) is 2.55. The highest BCUT2D eigenvalue weighted by atomic mass is 16.5. The number of carbonyl (C=O) groups is 1. The van der Waals surface area contributed by atoms with Crippen molar-refractivity contribution in [3.63, 3.8) is 0 Å². The lowest BCUT2D eigenvalue weighted by Gasteiger charge is -2.10. The largest absolute Gasteiger partial charge is 0.484 e. The molecule has 0 fully saturated rings. The van der Waals surface area contributed by atoms with Crippen LogP contribution >= 0.6 is 0 Å². The molecule has 0 radical (unpaired) electrons. The fourth-order valence-electron chi connectivity index (χ4n) is 2.39. The Kier molecular flexibility index (Phi) is 6.38. The topological polar surface area (TPSA) is 42.8 Å². The van der Waals surface area contributed by atoms with Crippen molar-refractivity contribution in [2.75, 3.05) is 20.7 Å². The zero-order valence-corrected chi connectivity index (χ0v) is 15.0. The maximum atomic E-state index is 11.9. The van der Waals surface area contributed by atoms with E-state index in [0.29, 0.717) is 6.54 Å². The zero-order chi connectivity index (χ0) is 17.5. The third-order valence-electron chi connectivity index (χ3n) is 3.92. The number of nitrogens with one attached hydrogen (secondary N) is 2. The molecule has 4 heteroatoms. The Labute approximate surface area is 144 Å². The van der Waals surface area contributed by atoms with Gasteiger partial charge in [-0.3, -0.25) is 4.79 Å². The number of ether oxygens (including phenoxy) is 1. The molecule has 0 spiro atoms. The predicted molar refractivity (Wildman–Crippen MR) is 96.2 cm³/mol. The molecule has 2 aromatic carbocycles. The van der Waals surface area contributed by atoms with Gasteiger partial charge >= 0.3 is 0 Å². The van der Waals surface area contributed by atoms with Crippen molar-refractivity contribution in [1.29, 1.82) is 0 Å². The van der Waals surface area contributed by atoms with E-state index in [0.717, 1.165) is 23.4 Å². The smallest absolute Gasteiger partial charge is 0.258 e. The number of rotatable bonds is 7. The SMILES string of the molecule is Cc1ccc(OCC(=O)NCc2ccc(C[NH+](C)C)cc2)cc1C. The molecular weight excluding hydrogens is 300 g/mol. The Morgan fingerprint density at radius 1 is 1.00 bits per heavy atom. The summed E-state index contributed by atoms with van der Waals surface area (Å²) in [5, 5.41) is 2.89. The molecule has 0 bridgehead atoms. The lowest BCUT2D eigenvalue weighted by Crippen LogP contribution is -3.04. The van der Waals surface area contributed by atoms with Gasteiger partial charge in [0.15, 0.2) is 6.61 Å². The summed E-state index contributed by atoms with van der Waals surface area (Å²) in [4.78, 5) is 13.3. The second-order valence-corrected chi connectivity index (χ2v) is 6.51. The summed E-state index contributed by atoms with van der Waals surface area (Å²) < 4.78 is 5.54. The van der Waals surface area contributed by atoms with E-state index in [4.69, 9.17) is 4.74 Å². The molecule has 0 aliphatic rings. The van der Waals surface area contributed by atoms with Crippen LogP contribution in [0.5, 0.6) is 5.75 Å². The molecule has 0 unspecified atom stereocenters. The van der Waals surface area contributed by atoms with Crippen LogP contribution in [0.4, 0.5) is 0 Å². The Balaban J connectivity index is 1.77. The van der Waals surface area contributed by atoms with Gasteiger partial charge in [-0.1, -0.05) is 30.3 Å². The number of amides is 1. The van der Waals surface area contributed by atoms with Gasteiger partial charge in [0.05, 0.1) is 14.1 Å². The van der Waals surface area contributed by atoms with Gasteiger partial charge in [-0.05, 0) is 42.7 Å². The normalized spacial score (nSPS) is 10.7. The summed E-state index contributed by atoms with van der Waals surface area (Å²) in [6.45, 7) is 5.63. The summed E-state index contributed by atoms with van der Waals surface area (Å²) >= 11 is 0. The quantitative estimate of drug-likeness (QED) is 0.812. The van der Waals surface area contributed by atoms with Gasteiger partial charge in [-0.25, -0.2) is 0 Å². The molecule has 0 saturated carbocycles. The lowest BCUT2D eigenvalue weighted by molar-refractivity contribution is -0.872. The van der Waals surface area contributed by atoms with Crippen LogP contribution in [0.15, 0.2) is 42.5 Å². The lowest BCUT2D eigenvalue weighted by atomic mass is 10.1. The molecule has 2 N–H and O–H groups in total. The minimum absolute atomic E-state index is 0.0323. The average molecular weight is 327 g/mol. The Morgan fingerprint density at radius 3 is 2.29 bits per heavy atom. The number of aryl methyl sites for hydroxylation is 2. The number of hydrogen-bond acceptors (Lipinski definition) is 2. The zero-order valence-electron chi connectivity index (χ0n) is 15.0. The van der Waals surface area contributed by atoms with Gasteiger partial charge in [0.25, 0.3) is 5.91 Å².